The van der Waals surface area contributed by atoms with Gasteiger partial charge in [-0.25, -0.2) is 0 Å². The normalized spacial score (nSPS) is 20.7. The van der Waals surface area contributed by atoms with E-state index in [1.807, 2.05) is 31.2 Å². The molecule has 0 atom stereocenters. The average molecular weight is 288 g/mol. The Morgan fingerprint density at radius 3 is 2.48 bits per heavy atom. The Morgan fingerprint density at radius 2 is 1.86 bits per heavy atom. The van der Waals surface area contributed by atoms with Crippen molar-refractivity contribution in [3.05, 3.63) is 24.3 Å². The number of rotatable bonds is 3. The highest BCUT2D eigenvalue weighted by Crippen LogP contribution is 2.35. The SMILES string of the molecule is CCOc1ccc(N2CC(=O)NC3(CCCC3)C2=O)cc1. The number of carbonyl (C=O) groups is 2. The molecule has 1 N–H and O–H groups in total. The van der Waals surface area contributed by atoms with Crippen molar-refractivity contribution in [3.8, 4) is 5.75 Å². The van der Waals surface area contributed by atoms with Gasteiger partial charge in [0.1, 0.15) is 17.8 Å². The van der Waals surface area contributed by atoms with Crippen molar-refractivity contribution in [2.75, 3.05) is 18.1 Å². The van der Waals surface area contributed by atoms with E-state index in [0.29, 0.717) is 6.61 Å². The van der Waals surface area contributed by atoms with Crippen molar-refractivity contribution in [1.29, 1.82) is 0 Å². The van der Waals surface area contributed by atoms with Crippen LogP contribution in [0.3, 0.4) is 0 Å². The zero-order valence-electron chi connectivity index (χ0n) is 12.2. The van der Waals surface area contributed by atoms with E-state index in [0.717, 1.165) is 37.1 Å². The summed E-state index contributed by atoms with van der Waals surface area (Å²) in [6, 6.07) is 7.34. The predicted octanol–water partition coefficient (Wildman–Crippen LogP) is 1.86. The molecule has 3 rings (SSSR count). The van der Waals surface area contributed by atoms with Gasteiger partial charge >= 0.3 is 0 Å². The van der Waals surface area contributed by atoms with Crippen LogP contribution < -0.4 is 15.0 Å². The largest absolute Gasteiger partial charge is 0.494 e. The number of nitrogens with one attached hydrogen (secondary N) is 1. The molecule has 1 aliphatic heterocycles. The topological polar surface area (TPSA) is 58.6 Å². The van der Waals surface area contributed by atoms with Crippen molar-refractivity contribution >= 4 is 17.5 Å². The number of amides is 2. The van der Waals surface area contributed by atoms with Crippen molar-refractivity contribution in [1.82, 2.24) is 5.32 Å². The lowest BCUT2D eigenvalue weighted by Crippen LogP contribution is -2.65. The van der Waals surface area contributed by atoms with Crippen LogP contribution in [0.25, 0.3) is 0 Å². The van der Waals surface area contributed by atoms with E-state index in [1.54, 1.807) is 4.90 Å². The van der Waals surface area contributed by atoms with Crippen LogP contribution in [0.15, 0.2) is 24.3 Å². The molecule has 2 amide bonds. The fourth-order valence-electron chi connectivity index (χ4n) is 3.25. The summed E-state index contributed by atoms with van der Waals surface area (Å²) in [5.74, 6) is 0.708. The molecule has 1 aliphatic carbocycles. The van der Waals surface area contributed by atoms with Gasteiger partial charge in [-0.15, -0.1) is 0 Å². The highest BCUT2D eigenvalue weighted by Gasteiger charge is 2.48. The summed E-state index contributed by atoms with van der Waals surface area (Å²) in [5.41, 5.74) is 0.0815. The van der Waals surface area contributed by atoms with Crippen molar-refractivity contribution < 1.29 is 14.3 Å². The van der Waals surface area contributed by atoms with E-state index in [1.165, 1.54) is 0 Å². The van der Waals surface area contributed by atoms with E-state index in [2.05, 4.69) is 5.32 Å². The Kier molecular flexibility index (Phi) is 3.57. The summed E-state index contributed by atoms with van der Waals surface area (Å²) in [6.07, 6.45) is 3.46. The maximum Gasteiger partial charge on any atom is 0.253 e. The Labute approximate surface area is 124 Å². The Bertz CT molecular complexity index is 547. The number of hydrogen-bond acceptors (Lipinski definition) is 3. The van der Waals surface area contributed by atoms with E-state index >= 15 is 0 Å². The lowest BCUT2D eigenvalue weighted by atomic mass is 9.92. The van der Waals surface area contributed by atoms with Crippen LogP contribution in [-0.2, 0) is 9.59 Å². The van der Waals surface area contributed by atoms with Gasteiger partial charge in [0, 0.05) is 5.69 Å². The van der Waals surface area contributed by atoms with Crippen LogP contribution in [0.5, 0.6) is 5.75 Å². The maximum atomic E-state index is 12.8. The number of hydrogen-bond donors (Lipinski definition) is 1. The molecule has 1 saturated heterocycles. The lowest BCUT2D eigenvalue weighted by molar-refractivity contribution is -0.135. The van der Waals surface area contributed by atoms with Gasteiger partial charge in [-0.05, 0) is 44.0 Å². The molecule has 5 nitrogen and oxygen atoms in total. The van der Waals surface area contributed by atoms with Crippen molar-refractivity contribution in [2.24, 2.45) is 0 Å². The molecule has 0 unspecified atom stereocenters. The van der Waals surface area contributed by atoms with Gasteiger partial charge in [0.2, 0.25) is 5.91 Å². The molecule has 1 saturated carbocycles. The number of anilines is 1. The van der Waals surface area contributed by atoms with E-state index in [4.69, 9.17) is 4.74 Å². The van der Waals surface area contributed by atoms with Gasteiger partial charge in [-0.2, -0.15) is 0 Å². The first-order chi connectivity index (χ1) is 10.1. The number of carbonyl (C=O) groups excluding carboxylic acids is 2. The highest BCUT2D eigenvalue weighted by atomic mass is 16.5. The van der Waals surface area contributed by atoms with Crippen molar-refractivity contribution in [3.63, 3.8) is 0 Å². The fraction of sp³-hybridized carbons (Fsp3) is 0.500. The summed E-state index contributed by atoms with van der Waals surface area (Å²) in [6.45, 7) is 2.62. The monoisotopic (exact) mass is 288 g/mol. The average Bonchev–Trinajstić information content (AvgIpc) is 2.93. The predicted molar refractivity (Wildman–Crippen MR) is 79.3 cm³/mol. The summed E-state index contributed by atoms with van der Waals surface area (Å²) in [4.78, 5) is 26.4. The Morgan fingerprint density at radius 1 is 1.19 bits per heavy atom. The van der Waals surface area contributed by atoms with Gasteiger partial charge in [-0.1, -0.05) is 12.8 Å². The van der Waals surface area contributed by atoms with E-state index < -0.39 is 5.54 Å². The quantitative estimate of drug-likeness (QED) is 0.923. The second kappa shape index (κ2) is 5.39. The van der Waals surface area contributed by atoms with Crippen LogP contribution >= 0.6 is 0 Å². The van der Waals surface area contributed by atoms with Gasteiger partial charge in [0.25, 0.3) is 5.91 Å². The molecule has 1 aromatic carbocycles. The second-order valence-electron chi connectivity index (χ2n) is 5.66. The third-order valence-corrected chi connectivity index (χ3v) is 4.25. The Hall–Kier alpha value is -2.04. The molecule has 2 fully saturated rings. The van der Waals surface area contributed by atoms with Crippen LogP contribution in [0.2, 0.25) is 0 Å². The highest BCUT2D eigenvalue weighted by molar-refractivity contribution is 6.09. The van der Waals surface area contributed by atoms with Crippen molar-refractivity contribution in [2.45, 2.75) is 38.1 Å². The number of ether oxygens (including phenoxy) is 1. The molecular weight excluding hydrogens is 268 g/mol. The molecule has 1 heterocycles. The molecule has 0 radical (unpaired) electrons. The van der Waals surface area contributed by atoms with Crippen LogP contribution in [-0.4, -0.2) is 30.5 Å². The van der Waals surface area contributed by atoms with Gasteiger partial charge in [-0.3, -0.25) is 9.59 Å². The van der Waals surface area contributed by atoms with Gasteiger partial charge < -0.3 is 15.0 Å². The molecule has 0 bridgehead atoms. The fourth-order valence-corrected chi connectivity index (χ4v) is 3.25. The van der Waals surface area contributed by atoms with Gasteiger partial charge in [0.15, 0.2) is 0 Å². The number of nitrogens with zero attached hydrogens (tertiary/aromatic N) is 1. The first-order valence-electron chi connectivity index (χ1n) is 7.50. The molecule has 0 aromatic heterocycles. The smallest absolute Gasteiger partial charge is 0.253 e. The summed E-state index contributed by atoms with van der Waals surface area (Å²) < 4.78 is 5.41. The molecule has 1 aromatic rings. The first-order valence-corrected chi connectivity index (χ1v) is 7.50. The lowest BCUT2D eigenvalue weighted by Gasteiger charge is -2.39. The maximum absolute atomic E-state index is 12.8. The third kappa shape index (κ3) is 2.48. The van der Waals surface area contributed by atoms with Gasteiger partial charge in [0.05, 0.1) is 6.61 Å². The minimum absolute atomic E-state index is 0.0174. The summed E-state index contributed by atoms with van der Waals surface area (Å²) in [7, 11) is 0. The zero-order chi connectivity index (χ0) is 14.9. The van der Waals surface area contributed by atoms with Crippen LogP contribution in [0, 0.1) is 0 Å². The van der Waals surface area contributed by atoms with E-state index in [9.17, 15) is 9.59 Å². The minimum Gasteiger partial charge on any atom is -0.494 e. The first kappa shape index (κ1) is 13.9. The summed E-state index contributed by atoms with van der Waals surface area (Å²) in [5, 5.41) is 2.92. The molecule has 1 spiro atoms. The number of piperazine rings is 1. The Balaban J connectivity index is 1.86. The van der Waals surface area contributed by atoms with Crippen LogP contribution in [0.1, 0.15) is 32.6 Å². The molecular formula is C16H20N2O3. The molecule has 2 aliphatic rings. The summed E-state index contributed by atoms with van der Waals surface area (Å²) >= 11 is 0. The molecule has 21 heavy (non-hydrogen) atoms. The van der Waals surface area contributed by atoms with Crippen LogP contribution in [0.4, 0.5) is 5.69 Å². The third-order valence-electron chi connectivity index (χ3n) is 4.25. The molecule has 112 valence electrons. The zero-order valence-corrected chi connectivity index (χ0v) is 12.2. The molecule has 5 heteroatoms. The minimum atomic E-state index is -0.673. The number of benzene rings is 1. The van der Waals surface area contributed by atoms with E-state index in [-0.39, 0.29) is 18.4 Å². The second-order valence-corrected chi connectivity index (χ2v) is 5.66. The standard InChI is InChI=1S/C16H20N2O3/c1-2-21-13-7-5-12(6-8-13)18-11-14(19)17-16(15(18)20)9-3-4-10-16/h5-8H,2-4,9-11H2,1H3,(H,17,19).